The number of amides is 1. The van der Waals surface area contributed by atoms with Crippen LogP contribution in [-0.2, 0) is 23.7 Å². The fraction of sp³-hybridized carbons (Fsp3) is 0.950. The molecule has 0 aromatic rings. The first-order valence-corrected chi connectivity index (χ1v) is 11.0. The summed E-state index contributed by atoms with van der Waals surface area (Å²) in [5.74, 6) is -0.453. The van der Waals surface area contributed by atoms with Gasteiger partial charge in [-0.15, -0.1) is 0 Å². The normalized spacial score (nSPS) is 40.2. The summed E-state index contributed by atoms with van der Waals surface area (Å²) in [5, 5.41) is 62.7. The highest BCUT2D eigenvalue weighted by molar-refractivity contribution is 5.73. The van der Waals surface area contributed by atoms with Crippen LogP contribution in [0.1, 0.15) is 39.5 Å². The topological polar surface area (TPSA) is 187 Å². The van der Waals surface area contributed by atoms with Crippen molar-refractivity contribution < 1.29 is 54.4 Å². The Bertz CT molecular complexity index is 566. The second-order valence-electron chi connectivity index (χ2n) is 8.17. The molecule has 2 heterocycles. The Labute approximate surface area is 187 Å². The molecule has 188 valence electrons. The fourth-order valence-electron chi connectivity index (χ4n) is 3.83. The highest BCUT2D eigenvalue weighted by Gasteiger charge is 2.51. The molecule has 12 nitrogen and oxygen atoms in total. The van der Waals surface area contributed by atoms with Gasteiger partial charge in [0.1, 0.15) is 48.8 Å². The van der Waals surface area contributed by atoms with Crippen molar-refractivity contribution in [1.29, 1.82) is 0 Å². The summed E-state index contributed by atoms with van der Waals surface area (Å²) in [7, 11) is 0. The molecule has 2 fully saturated rings. The van der Waals surface area contributed by atoms with Crippen molar-refractivity contribution in [3.63, 3.8) is 0 Å². The van der Waals surface area contributed by atoms with Gasteiger partial charge in [-0.1, -0.05) is 26.2 Å². The molecule has 0 radical (unpaired) electrons. The molecule has 10 atom stereocenters. The number of aliphatic hydroxyl groups excluding tert-OH is 6. The molecular weight excluding hydrogens is 430 g/mol. The zero-order valence-electron chi connectivity index (χ0n) is 18.4. The van der Waals surface area contributed by atoms with E-state index in [4.69, 9.17) is 18.9 Å². The Hall–Kier alpha value is -0.930. The smallest absolute Gasteiger partial charge is 0.217 e. The number of ether oxygens (including phenoxy) is 4. The Kier molecular flexibility index (Phi) is 11.2. The first-order valence-electron chi connectivity index (χ1n) is 11.0. The van der Waals surface area contributed by atoms with E-state index in [1.54, 1.807) is 0 Å². The maximum atomic E-state index is 11.7. The number of rotatable bonds is 11. The lowest BCUT2D eigenvalue weighted by molar-refractivity contribution is -0.348. The predicted molar refractivity (Wildman–Crippen MR) is 108 cm³/mol. The molecule has 0 saturated carbocycles. The Morgan fingerprint density at radius 1 is 0.875 bits per heavy atom. The standard InChI is InChI=1S/C20H37NO11/c1-3-4-5-6-7-29-19-13(21-10(2)24)15(26)18(12(9-23)31-19)32-20-17(28)16(27)14(25)11(8-22)30-20/h11-20,22-23,25-28H,3-9H2,1-2H3,(H,21,24)/t11-,12-,13-,14+,15-,16+,17-,18-,19-,20+/m1/s1. The molecule has 0 bridgehead atoms. The van der Waals surface area contributed by atoms with E-state index < -0.39 is 80.5 Å². The number of carbonyl (C=O) groups excluding carboxylic acids is 1. The molecule has 7 N–H and O–H groups in total. The first kappa shape index (κ1) is 27.3. The quantitative estimate of drug-likeness (QED) is 0.157. The van der Waals surface area contributed by atoms with Crippen LogP contribution < -0.4 is 5.32 Å². The number of aliphatic hydroxyl groups is 6. The molecule has 2 rings (SSSR count). The maximum absolute atomic E-state index is 11.7. The van der Waals surface area contributed by atoms with Crippen molar-refractivity contribution in [2.45, 2.75) is 101 Å². The lowest BCUT2D eigenvalue weighted by Gasteiger charge is -2.47. The van der Waals surface area contributed by atoms with Crippen LogP contribution in [-0.4, -0.2) is 118 Å². The van der Waals surface area contributed by atoms with E-state index in [1.165, 1.54) is 6.92 Å². The van der Waals surface area contributed by atoms with E-state index >= 15 is 0 Å². The van der Waals surface area contributed by atoms with Gasteiger partial charge in [-0.25, -0.2) is 0 Å². The van der Waals surface area contributed by atoms with Crippen LogP contribution in [0.15, 0.2) is 0 Å². The molecule has 0 unspecified atom stereocenters. The van der Waals surface area contributed by atoms with Crippen molar-refractivity contribution in [3.8, 4) is 0 Å². The van der Waals surface area contributed by atoms with Crippen LogP contribution in [0.3, 0.4) is 0 Å². The molecule has 0 spiro atoms. The third-order valence-corrected chi connectivity index (χ3v) is 5.64. The number of hydrogen-bond donors (Lipinski definition) is 7. The second kappa shape index (κ2) is 13.1. The average molecular weight is 468 g/mol. The number of nitrogens with one attached hydrogen (secondary N) is 1. The van der Waals surface area contributed by atoms with E-state index in [-0.39, 0.29) is 0 Å². The molecule has 0 aliphatic carbocycles. The van der Waals surface area contributed by atoms with Gasteiger partial charge in [0.05, 0.1) is 13.2 Å². The van der Waals surface area contributed by atoms with Gasteiger partial charge in [0.25, 0.3) is 0 Å². The van der Waals surface area contributed by atoms with E-state index in [0.717, 1.165) is 25.7 Å². The summed E-state index contributed by atoms with van der Waals surface area (Å²) in [6.07, 6.45) is -8.80. The van der Waals surface area contributed by atoms with Crippen molar-refractivity contribution in [2.24, 2.45) is 0 Å². The maximum Gasteiger partial charge on any atom is 0.217 e. The van der Waals surface area contributed by atoms with Crippen LogP contribution in [0.25, 0.3) is 0 Å². The summed E-state index contributed by atoms with van der Waals surface area (Å²) in [6, 6.07) is -1.05. The lowest BCUT2D eigenvalue weighted by Crippen LogP contribution is -2.67. The molecule has 2 aliphatic heterocycles. The Morgan fingerprint density at radius 2 is 1.53 bits per heavy atom. The molecule has 2 saturated heterocycles. The van der Waals surface area contributed by atoms with E-state index in [0.29, 0.717) is 6.61 Å². The number of hydrogen-bond acceptors (Lipinski definition) is 11. The van der Waals surface area contributed by atoms with Gasteiger partial charge < -0.3 is 54.9 Å². The van der Waals surface area contributed by atoms with Crippen LogP contribution in [0.5, 0.6) is 0 Å². The largest absolute Gasteiger partial charge is 0.394 e. The average Bonchev–Trinajstić information content (AvgIpc) is 2.77. The third kappa shape index (κ3) is 6.79. The Morgan fingerprint density at radius 3 is 2.12 bits per heavy atom. The molecule has 32 heavy (non-hydrogen) atoms. The van der Waals surface area contributed by atoms with Crippen LogP contribution in [0.2, 0.25) is 0 Å². The van der Waals surface area contributed by atoms with E-state index in [1.807, 2.05) is 0 Å². The minimum Gasteiger partial charge on any atom is -0.394 e. The van der Waals surface area contributed by atoms with E-state index in [9.17, 15) is 35.4 Å². The molecule has 12 heteroatoms. The lowest BCUT2D eigenvalue weighted by atomic mass is 9.95. The molecular formula is C20H37NO11. The van der Waals surface area contributed by atoms with Crippen molar-refractivity contribution in [2.75, 3.05) is 19.8 Å². The summed E-state index contributed by atoms with van der Waals surface area (Å²) in [6.45, 7) is 2.43. The summed E-state index contributed by atoms with van der Waals surface area (Å²) >= 11 is 0. The van der Waals surface area contributed by atoms with E-state index in [2.05, 4.69) is 12.2 Å². The van der Waals surface area contributed by atoms with Gasteiger partial charge in [0.15, 0.2) is 12.6 Å². The zero-order valence-corrected chi connectivity index (χ0v) is 18.4. The van der Waals surface area contributed by atoms with Gasteiger partial charge in [-0.05, 0) is 6.42 Å². The van der Waals surface area contributed by atoms with Crippen molar-refractivity contribution >= 4 is 5.91 Å². The van der Waals surface area contributed by atoms with Crippen molar-refractivity contribution in [1.82, 2.24) is 5.32 Å². The third-order valence-electron chi connectivity index (χ3n) is 5.64. The fourth-order valence-corrected chi connectivity index (χ4v) is 3.83. The molecule has 0 aromatic heterocycles. The highest BCUT2D eigenvalue weighted by atomic mass is 16.7. The van der Waals surface area contributed by atoms with Gasteiger partial charge in [-0.2, -0.15) is 0 Å². The molecule has 2 aliphatic rings. The number of unbranched alkanes of at least 4 members (excludes halogenated alkanes) is 3. The second-order valence-corrected chi connectivity index (χ2v) is 8.17. The minimum atomic E-state index is -1.70. The summed E-state index contributed by atoms with van der Waals surface area (Å²) < 4.78 is 22.4. The van der Waals surface area contributed by atoms with Gasteiger partial charge in [0.2, 0.25) is 5.91 Å². The molecule has 1 amide bonds. The van der Waals surface area contributed by atoms with Crippen molar-refractivity contribution in [3.05, 3.63) is 0 Å². The van der Waals surface area contributed by atoms with Crippen LogP contribution in [0, 0.1) is 0 Å². The Balaban J connectivity index is 2.12. The summed E-state index contributed by atoms with van der Waals surface area (Å²) in [4.78, 5) is 11.7. The first-order chi connectivity index (χ1) is 15.2. The van der Waals surface area contributed by atoms with Crippen LogP contribution >= 0.6 is 0 Å². The predicted octanol–water partition coefficient (Wildman–Crippen LogP) is -2.65. The zero-order chi connectivity index (χ0) is 23.8. The van der Waals surface area contributed by atoms with Gasteiger partial charge in [0, 0.05) is 13.5 Å². The SMILES string of the molecule is CCCCCCO[C@@H]1O[C@H](CO)[C@@H](O[C@@H]2O[C@H](CO)[C@H](O)[C@H](O)[C@H]2O)[C@H](O)[C@H]1NC(C)=O. The van der Waals surface area contributed by atoms with Gasteiger partial charge in [-0.3, -0.25) is 4.79 Å². The summed E-state index contributed by atoms with van der Waals surface area (Å²) in [5.41, 5.74) is 0. The monoisotopic (exact) mass is 467 g/mol. The highest BCUT2D eigenvalue weighted by Crippen LogP contribution is 2.29. The number of carbonyl (C=O) groups is 1. The minimum absolute atomic E-state index is 0.323. The molecule has 0 aromatic carbocycles. The van der Waals surface area contributed by atoms with Crippen LogP contribution in [0.4, 0.5) is 0 Å². The van der Waals surface area contributed by atoms with Gasteiger partial charge >= 0.3 is 0 Å².